The fourth-order valence-electron chi connectivity index (χ4n) is 2.51. The van der Waals surface area contributed by atoms with Crippen molar-refractivity contribution >= 4 is 11.8 Å². The van der Waals surface area contributed by atoms with E-state index < -0.39 is 0 Å². The van der Waals surface area contributed by atoms with Crippen LogP contribution in [0.3, 0.4) is 0 Å². The van der Waals surface area contributed by atoms with Crippen LogP contribution in [-0.2, 0) is 0 Å². The molecule has 2 N–H and O–H groups in total. The Balaban J connectivity index is 2.06. The number of rotatable bonds is 1. The van der Waals surface area contributed by atoms with E-state index in [1.807, 2.05) is 0 Å². The molecule has 2 saturated heterocycles. The summed E-state index contributed by atoms with van der Waals surface area (Å²) in [6.45, 7) is 2.15. The minimum absolute atomic E-state index is 0.807. The van der Waals surface area contributed by atoms with Gasteiger partial charge in [-0.3, -0.25) is 0 Å². The molecule has 2 heterocycles. The molecule has 0 aromatic carbocycles. The second kappa shape index (κ2) is 3.56. The second-order valence-electron chi connectivity index (χ2n) is 4.03. The van der Waals surface area contributed by atoms with Crippen LogP contribution in [0, 0.1) is 11.8 Å². The summed E-state index contributed by atoms with van der Waals surface area (Å²) < 4.78 is 0. The Bertz CT molecular complexity index is 163. The van der Waals surface area contributed by atoms with E-state index >= 15 is 0 Å². The third kappa shape index (κ3) is 1.38. The van der Waals surface area contributed by atoms with E-state index in [0.29, 0.717) is 0 Å². The molecule has 0 radical (unpaired) electrons. The first-order chi connectivity index (χ1) is 5.83. The van der Waals surface area contributed by atoms with E-state index in [1.54, 1.807) is 0 Å². The van der Waals surface area contributed by atoms with E-state index in [1.165, 1.54) is 24.5 Å². The highest BCUT2D eigenvalue weighted by Crippen LogP contribution is 2.37. The van der Waals surface area contributed by atoms with Gasteiger partial charge in [-0.2, -0.15) is 11.8 Å². The third-order valence-corrected chi connectivity index (χ3v) is 4.62. The summed E-state index contributed by atoms with van der Waals surface area (Å²) in [5.74, 6) is 4.37. The highest BCUT2D eigenvalue weighted by Gasteiger charge is 2.38. The fraction of sp³-hybridized carbons (Fsp3) is 1.00. The molecule has 70 valence electrons. The summed E-state index contributed by atoms with van der Waals surface area (Å²) in [6.07, 6.45) is 1.31. The summed E-state index contributed by atoms with van der Waals surface area (Å²) in [5, 5.41) is 0. The average molecular weight is 186 g/mol. The highest BCUT2D eigenvalue weighted by molar-refractivity contribution is 7.99. The van der Waals surface area contributed by atoms with E-state index in [9.17, 15) is 0 Å². The summed E-state index contributed by atoms with van der Waals surface area (Å²) in [6, 6.07) is 0.831. The van der Waals surface area contributed by atoms with Crippen LogP contribution in [0.4, 0.5) is 0 Å². The van der Waals surface area contributed by atoms with Crippen LogP contribution in [0.5, 0.6) is 0 Å². The predicted octanol–water partition coefficient (Wildman–Crippen LogP) is 0.628. The van der Waals surface area contributed by atoms with Crippen molar-refractivity contribution in [2.45, 2.75) is 12.5 Å². The number of piperidine rings is 1. The Labute approximate surface area is 78.9 Å². The van der Waals surface area contributed by atoms with Gasteiger partial charge in [0.2, 0.25) is 0 Å². The first kappa shape index (κ1) is 8.85. The molecular weight excluding hydrogens is 168 g/mol. The van der Waals surface area contributed by atoms with Crippen LogP contribution < -0.4 is 5.73 Å². The molecule has 2 aliphatic rings. The van der Waals surface area contributed by atoms with Gasteiger partial charge in [-0.1, -0.05) is 0 Å². The average Bonchev–Trinajstić information content (AvgIpc) is 2.54. The molecule has 2 rings (SSSR count). The molecule has 0 aromatic rings. The second-order valence-corrected chi connectivity index (χ2v) is 5.11. The van der Waals surface area contributed by atoms with E-state index in [4.69, 9.17) is 5.73 Å². The topological polar surface area (TPSA) is 29.3 Å². The maximum Gasteiger partial charge on any atom is 0.0222 e. The molecule has 0 amide bonds. The molecular formula is C9H18N2S. The minimum atomic E-state index is 0.807. The van der Waals surface area contributed by atoms with Gasteiger partial charge in [0, 0.05) is 11.8 Å². The van der Waals surface area contributed by atoms with Crippen molar-refractivity contribution < 1.29 is 0 Å². The fourth-order valence-corrected chi connectivity index (χ4v) is 4.15. The molecule has 0 bridgehead atoms. The van der Waals surface area contributed by atoms with Gasteiger partial charge in [-0.25, -0.2) is 0 Å². The van der Waals surface area contributed by atoms with Crippen molar-refractivity contribution in [3.63, 3.8) is 0 Å². The zero-order chi connectivity index (χ0) is 8.55. The molecule has 2 aliphatic heterocycles. The van der Waals surface area contributed by atoms with Crippen LogP contribution in [-0.4, -0.2) is 42.6 Å². The van der Waals surface area contributed by atoms with E-state index in [2.05, 4.69) is 23.7 Å². The standard InChI is InChI=1S/C9H18N2S/c1-11-3-2-7(4-10)8-5-12-6-9(8)11/h7-9H,2-6,10H2,1H3. The SMILES string of the molecule is CN1CCC(CN)C2CSCC21. The number of fused-ring (bicyclic) bond motifs is 1. The van der Waals surface area contributed by atoms with Crippen LogP contribution >= 0.6 is 11.8 Å². The lowest BCUT2D eigenvalue weighted by Crippen LogP contribution is -2.48. The van der Waals surface area contributed by atoms with Gasteiger partial charge >= 0.3 is 0 Å². The van der Waals surface area contributed by atoms with Crippen molar-refractivity contribution in [2.75, 3.05) is 31.6 Å². The van der Waals surface area contributed by atoms with E-state index in [-0.39, 0.29) is 0 Å². The van der Waals surface area contributed by atoms with Gasteiger partial charge in [-0.05, 0) is 44.1 Å². The van der Waals surface area contributed by atoms with Crippen molar-refractivity contribution in [1.29, 1.82) is 0 Å². The monoisotopic (exact) mass is 186 g/mol. The molecule has 3 unspecified atom stereocenters. The van der Waals surface area contributed by atoms with Crippen LogP contribution in [0.1, 0.15) is 6.42 Å². The summed E-state index contributed by atoms with van der Waals surface area (Å²) in [4.78, 5) is 2.52. The summed E-state index contributed by atoms with van der Waals surface area (Å²) >= 11 is 2.11. The first-order valence-electron chi connectivity index (χ1n) is 4.81. The first-order valence-corrected chi connectivity index (χ1v) is 5.96. The number of nitrogens with two attached hydrogens (primary N) is 1. The van der Waals surface area contributed by atoms with Gasteiger partial charge in [-0.15, -0.1) is 0 Å². The predicted molar refractivity (Wildman–Crippen MR) is 54.4 cm³/mol. The Morgan fingerprint density at radius 3 is 3.08 bits per heavy atom. The molecule has 0 aromatic heterocycles. The molecule has 0 aliphatic carbocycles. The van der Waals surface area contributed by atoms with Crippen molar-refractivity contribution in [1.82, 2.24) is 4.90 Å². The molecule has 2 fully saturated rings. The smallest absolute Gasteiger partial charge is 0.0222 e. The maximum absolute atomic E-state index is 5.78. The molecule has 0 saturated carbocycles. The molecule has 3 heteroatoms. The number of thioether (sulfide) groups is 1. The van der Waals surface area contributed by atoms with Gasteiger partial charge in [0.05, 0.1) is 0 Å². The van der Waals surface area contributed by atoms with Crippen molar-refractivity contribution in [3.05, 3.63) is 0 Å². The number of likely N-dealkylation sites (tertiary alicyclic amines) is 1. The van der Waals surface area contributed by atoms with Crippen LogP contribution in [0.15, 0.2) is 0 Å². The third-order valence-electron chi connectivity index (χ3n) is 3.42. The van der Waals surface area contributed by atoms with E-state index in [0.717, 1.165) is 24.4 Å². The zero-order valence-corrected chi connectivity index (χ0v) is 8.52. The Hall–Kier alpha value is 0.270. The number of nitrogens with zero attached hydrogens (tertiary/aromatic N) is 1. The van der Waals surface area contributed by atoms with Gasteiger partial charge < -0.3 is 10.6 Å². The van der Waals surface area contributed by atoms with Gasteiger partial charge in [0.1, 0.15) is 0 Å². The minimum Gasteiger partial charge on any atom is -0.330 e. The molecule has 12 heavy (non-hydrogen) atoms. The van der Waals surface area contributed by atoms with Crippen LogP contribution in [0.25, 0.3) is 0 Å². The Kier molecular flexibility index (Phi) is 2.63. The lowest BCUT2D eigenvalue weighted by atomic mass is 9.82. The highest BCUT2D eigenvalue weighted by atomic mass is 32.2. The van der Waals surface area contributed by atoms with Gasteiger partial charge in [0.25, 0.3) is 0 Å². The lowest BCUT2D eigenvalue weighted by molar-refractivity contribution is 0.108. The molecule has 0 spiro atoms. The number of hydrogen-bond acceptors (Lipinski definition) is 3. The largest absolute Gasteiger partial charge is 0.330 e. The van der Waals surface area contributed by atoms with Crippen molar-refractivity contribution in [3.8, 4) is 0 Å². The zero-order valence-electron chi connectivity index (χ0n) is 7.70. The van der Waals surface area contributed by atoms with Crippen molar-refractivity contribution in [2.24, 2.45) is 17.6 Å². The number of hydrogen-bond donors (Lipinski definition) is 1. The quantitative estimate of drug-likeness (QED) is 0.651. The normalized spacial score (nSPS) is 43.0. The van der Waals surface area contributed by atoms with Gasteiger partial charge in [0.15, 0.2) is 0 Å². The summed E-state index contributed by atoms with van der Waals surface area (Å²) in [7, 11) is 2.26. The molecule has 3 atom stereocenters. The Morgan fingerprint density at radius 2 is 2.33 bits per heavy atom. The maximum atomic E-state index is 5.78. The Morgan fingerprint density at radius 1 is 1.50 bits per heavy atom. The lowest BCUT2D eigenvalue weighted by Gasteiger charge is -2.39. The van der Waals surface area contributed by atoms with Crippen LogP contribution in [0.2, 0.25) is 0 Å². The molecule has 2 nitrogen and oxygen atoms in total. The summed E-state index contributed by atoms with van der Waals surface area (Å²) in [5.41, 5.74) is 5.78.